The van der Waals surface area contributed by atoms with Gasteiger partial charge in [-0.2, -0.15) is 0 Å². The Balaban J connectivity index is 0.00000208. The molecule has 0 aliphatic carbocycles. The van der Waals surface area contributed by atoms with Gasteiger partial charge in [0.1, 0.15) is 11.0 Å². The Morgan fingerprint density at radius 1 is 1.21 bits per heavy atom. The summed E-state index contributed by atoms with van der Waals surface area (Å²) in [4.78, 5) is 15.9. The lowest BCUT2D eigenvalue weighted by Gasteiger charge is -2.24. The molecule has 128 valence electrons. The summed E-state index contributed by atoms with van der Waals surface area (Å²) in [5, 5.41) is 9.00. The smallest absolute Gasteiger partial charge is 0.324 e. The molecule has 24 heavy (non-hydrogen) atoms. The second kappa shape index (κ2) is 8.84. The lowest BCUT2D eigenvalue weighted by Crippen LogP contribution is -2.33. The summed E-state index contributed by atoms with van der Waals surface area (Å²) >= 11 is 5.78. The highest BCUT2D eigenvalue weighted by Crippen LogP contribution is 2.20. The summed E-state index contributed by atoms with van der Waals surface area (Å²) in [6.07, 6.45) is 0.0577. The van der Waals surface area contributed by atoms with Gasteiger partial charge in [-0.05, 0) is 29.8 Å². The second-order valence-electron chi connectivity index (χ2n) is 5.11. The predicted octanol–water partition coefficient (Wildman–Crippen LogP) is 3.46. The first-order chi connectivity index (χ1) is 11.2. The summed E-state index contributed by atoms with van der Waals surface area (Å²) in [6.45, 7) is 2.39. The van der Waals surface area contributed by atoms with Gasteiger partial charge in [0, 0.05) is 18.8 Å². The van der Waals surface area contributed by atoms with Crippen LogP contribution in [0.25, 0.3) is 0 Å². The molecule has 1 aliphatic heterocycles. The summed E-state index contributed by atoms with van der Waals surface area (Å²) < 4.78 is 5.69. The molecule has 6 nitrogen and oxygen atoms in total. The molecule has 1 unspecified atom stereocenters. The number of nitrogens with one attached hydrogen (secondary N) is 3. The monoisotopic (exact) mass is 368 g/mol. The van der Waals surface area contributed by atoms with Crippen molar-refractivity contribution in [2.75, 3.05) is 30.3 Å². The topological polar surface area (TPSA) is 75.3 Å². The van der Waals surface area contributed by atoms with E-state index >= 15 is 0 Å². The molecule has 1 fully saturated rings. The molecule has 8 heteroatoms. The minimum absolute atomic E-state index is 0. The van der Waals surface area contributed by atoms with Crippen molar-refractivity contribution in [3.8, 4) is 0 Å². The van der Waals surface area contributed by atoms with Gasteiger partial charge in [-0.15, -0.1) is 12.4 Å². The number of hydrogen-bond acceptors (Lipinski definition) is 4. The standard InChI is InChI=1S/C16H17ClN4O2.ClH/c17-14-2-1-3-15(20-14)21-16(22)19-12-6-4-11(5-7-12)13-10-18-8-9-23-13;/h1-7,13,18H,8-10H2,(H2,19,20,21,22);1H. The number of nitrogens with zero attached hydrogens (tertiary/aromatic N) is 1. The summed E-state index contributed by atoms with van der Waals surface area (Å²) in [6, 6.07) is 12.3. The number of halogens is 2. The van der Waals surface area contributed by atoms with Crippen LogP contribution in [-0.4, -0.2) is 30.7 Å². The fourth-order valence-electron chi connectivity index (χ4n) is 2.32. The summed E-state index contributed by atoms with van der Waals surface area (Å²) in [5.74, 6) is 0.397. The number of morpholine rings is 1. The third-order valence-corrected chi connectivity index (χ3v) is 3.64. The van der Waals surface area contributed by atoms with Gasteiger partial charge < -0.3 is 15.4 Å². The first-order valence-electron chi connectivity index (χ1n) is 7.33. The van der Waals surface area contributed by atoms with Crippen LogP contribution in [0.2, 0.25) is 5.15 Å². The number of carbonyl (C=O) groups excluding carboxylic acids is 1. The van der Waals surface area contributed by atoms with Crippen molar-refractivity contribution in [2.24, 2.45) is 0 Å². The Hall–Kier alpha value is -1.86. The van der Waals surface area contributed by atoms with Crippen molar-refractivity contribution in [2.45, 2.75) is 6.10 Å². The number of amides is 2. The largest absolute Gasteiger partial charge is 0.371 e. The van der Waals surface area contributed by atoms with Crippen LogP contribution in [0.3, 0.4) is 0 Å². The van der Waals surface area contributed by atoms with Gasteiger partial charge in [0.2, 0.25) is 0 Å². The average Bonchev–Trinajstić information content (AvgIpc) is 2.56. The van der Waals surface area contributed by atoms with Crippen molar-refractivity contribution in [1.29, 1.82) is 0 Å². The van der Waals surface area contributed by atoms with Crippen LogP contribution >= 0.6 is 24.0 Å². The lowest BCUT2D eigenvalue weighted by molar-refractivity contribution is 0.0277. The number of hydrogen-bond donors (Lipinski definition) is 3. The van der Waals surface area contributed by atoms with Crippen LogP contribution in [-0.2, 0) is 4.74 Å². The van der Waals surface area contributed by atoms with Gasteiger partial charge in [-0.3, -0.25) is 5.32 Å². The second-order valence-corrected chi connectivity index (χ2v) is 5.50. The molecular formula is C16H18Cl2N4O2. The van der Waals surface area contributed by atoms with E-state index in [2.05, 4.69) is 20.9 Å². The lowest BCUT2D eigenvalue weighted by atomic mass is 10.1. The average molecular weight is 369 g/mol. The zero-order chi connectivity index (χ0) is 16.1. The van der Waals surface area contributed by atoms with Crippen molar-refractivity contribution < 1.29 is 9.53 Å². The van der Waals surface area contributed by atoms with Gasteiger partial charge in [0.05, 0.1) is 12.7 Å². The molecule has 0 radical (unpaired) electrons. The zero-order valence-electron chi connectivity index (χ0n) is 12.8. The van der Waals surface area contributed by atoms with Crippen LogP contribution in [0, 0.1) is 0 Å². The molecule has 3 rings (SSSR count). The number of anilines is 2. The van der Waals surface area contributed by atoms with Crippen LogP contribution in [0.4, 0.5) is 16.3 Å². The number of urea groups is 1. The molecule has 0 spiro atoms. The number of rotatable bonds is 3. The van der Waals surface area contributed by atoms with Gasteiger partial charge >= 0.3 is 6.03 Å². The molecule has 1 aliphatic rings. The van der Waals surface area contributed by atoms with E-state index in [1.165, 1.54) is 0 Å². The van der Waals surface area contributed by atoms with E-state index in [9.17, 15) is 4.79 Å². The van der Waals surface area contributed by atoms with Crippen molar-refractivity contribution in [3.05, 3.63) is 53.2 Å². The van der Waals surface area contributed by atoms with Crippen LogP contribution < -0.4 is 16.0 Å². The van der Waals surface area contributed by atoms with E-state index in [1.54, 1.807) is 18.2 Å². The number of benzene rings is 1. The first kappa shape index (κ1) is 18.5. The number of aromatic nitrogens is 1. The fraction of sp³-hybridized carbons (Fsp3) is 0.250. The molecule has 1 aromatic carbocycles. The molecular weight excluding hydrogens is 351 g/mol. The molecule has 0 saturated carbocycles. The van der Waals surface area contributed by atoms with E-state index in [0.717, 1.165) is 18.7 Å². The van der Waals surface area contributed by atoms with Crippen molar-refractivity contribution in [1.82, 2.24) is 10.3 Å². The summed E-state index contributed by atoms with van der Waals surface area (Å²) in [5.41, 5.74) is 1.77. The van der Waals surface area contributed by atoms with E-state index in [0.29, 0.717) is 23.3 Å². The molecule has 3 N–H and O–H groups in total. The maximum absolute atomic E-state index is 11.9. The van der Waals surface area contributed by atoms with Gasteiger partial charge in [-0.25, -0.2) is 9.78 Å². The quantitative estimate of drug-likeness (QED) is 0.725. The van der Waals surface area contributed by atoms with Crippen LogP contribution in [0.1, 0.15) is 11.7 Å². The van der Waals surface area contributed by atoms with E-state index < -0.39 is 0 Å². The molecule has 1 saturated heterocycles. The van der Waals surface area contributed by atoms with E-state index in [-0.39, 0.29) is 24.5 Å². The fourth-order valence-corrected chi connectivity index (χ4v) is 2.48. The highest BCUT2D eigenvalue weighted by molar-refractivity contribution is 6.29. The minimum Gasteiger partial charge on any atom is -0.371 e. The Kier molecular flexibility index (Phi) is 6.81. The highest BCUT2D eigenvalue weighted by Gasteiger charge is 2.15. The highest BCUT2D eigenvalue weighted by atomic mass is 35.5. The number of ether oxygens (including phenoxy) is 1. The number of carbonyl (C=O) groups is 1. The maximum atomic E-state index is 11.9. The molecule has 1 aromatic heterocycles. The Morgan fingerprint density at radius 3 is 2.67 bits per heavy atom. The van der Waals surface area contributed by atoms with Gasteiger partial charge in [0.15, 0.2) is 0 Å². The molecule has 2 aromatic rings. The Labute approximate surface area is 151 Å². The Bertz CT molecular complexity index is 676. The first-order valence-corrected chi connectivity index (χ1v) is 7.71. The van der Waals surface area contributed by atoms with Gasteiger partial charge in [0.25, 0.3) is 0 Å². The Morgan fingerprint density at radius 2 is 2.00 bits per heavy atom. The SMILES string of the molecule is Cl.O=C(Nc1ccc(C2CNCCO2)cc1)Nc1cccc(Cl)n1. The summed E-state index contributed by atoms with van der Waals surface area (Å²) in [7, 11) is 0. The maximum Gasteiger partial charge on any atom is 0.324 e. The van der Waals surface area contributed by atoms with E-state index in [1.807, 2.05) is 24.3 Å². The van der Waals surface area contributed by atoms with Crippen molar-refractivity contribution in [3.63, 3.8) is 0 Å². The third kappa shape index (κ3) is 5.07. The van der Waals surface area contributed by atoms with E-state index in [4.69, 9.17) is 16.3 Å². The zero-order valence-corrected chi connectivity index (χ0v) is 14.4. The minimum atomic E-state index is -0.372. The molecule has 2 amide bonds. The van der Waals surface area contributed by atoms with Crippen molar-refractivity contribution >= 4 is 41.5 Å². The number of pyridine rings is 1. The molecule has 0 bridgehead atoms. The molecule has 2 heterocycles. The third-order valence-electron chi connectivity index (χ3n) is 3.42. The van der Waals surface area contributed by atoms with Crippen LogP contribution in [0.5, 0.6) is 0 Å². The normalized spacial score (nSPS) is 16.8. The van der Waals surface area contributed by atoms with Crippen LogP contribution in [0.15, 0.2) is 42.5 Å². The molecule has 1 atom stereocenters. The predicted molar refractivity (Wildman–Crippen MR) is 97.1 cm³/mol. The van der Waals surface area contributed by atoms with Gasteiger partial charge in [-0.1, -0.05) is 29.8 Å².